The number of aromatic nitrogens is 1. The van der Waals surface area contributed by atoms with Gasteiger partial charge in [-0.15, -0.1) is 0 Å². The van der Waals surface area contributed by atoms with Gasteiger partial charge in [-0.1, -0.05) is 42.5 Å². The Morgan fingerprint density at radius 1 is 1.05 bits per heavy atom. The number of nitrogens with two attached hydrogens (primary N) is 1. The van der Waals surface area contributed by atoms with Crippen LogP contribution in [0.5, 0.6) is 0 Å². The highest BCUT2D eigenvalue weighted by Gasteiger charge is 2.13. The predicted molar refractivity (Wildman–Crippen MR) is 90.6 cm³/mol. The number of nitrogens with zero attached hydrogens (tertiary/aromatic N) is 2. The third-order valence-electron chi connectivity index (χ3n) is 3.66. The zero-order valence-electron chi connectivity index (χ0n) is 12.3. The average Bonchev–Trinajstić information content (AvgIpc) is 2.82. The Labute approximate surface area is 124 Å². The molecule has 0 saturated carbocycles. The molecule has 2 aromatic carbocycles. The Bertz CT molecular complexity index is 787. The lowest BCUT2D eigenvalue weighted by Crippen LogP contribution is -2.12. The second-order valence-corrected chi connectivity index (χ2v) is 5.09. The van der Waals surface area contributed by atoms with Gasteiger partial charge in [-0.25, -0.2) is 4.99 Å². The standard InChI is InChI=1S/C18H19N3/c1-3-8-18(19)20-13(2)21-16-11-6-4-9-14(16)15-10-5-7-12-17(15)21/h3-13H,1-2H3,(H2,19,20)/b8-3-. The molecule has 0 fully saturated rings. The Morgan fingerprint density at radius 2 is 1.57 bits per heavy atom. The first kappa shape index (κ1) is 13.4. The van der Waals surface area contributed by atoms with Crippen LogP contribution in [0.2, 0.25) is 0 Å². The van der Waals surface area contributed by atoms with Crippen molar-refractivity contribution in [2.45, 2.75) is 20.0 Å². The van der Waals surface area contributed by atoms with E-state index in [1.165, 1.54) is 21.8 Å². The van der Waals surface area contributed by atoms with Crippen molar-refractivity contribution in [3.05, 3.63) is 60.7 Å². The minimum absolute atomic E-state index is 0.0500. The van der Waals surface area contributed by atoms with Gasteiger partial charge in [0.1, 0.15) is 12.0 Å². The number of aliphatic imine (C=N–C) groups is 1. The molecule has 1 atom stereocenters. The highest BCUT2D eigenvalue weighted by atomic mass is 15.1. The Kier molecular flexibility index (Phi) is 3.48. The van der Waals surface area contributed by atoms with Crippen molar-refractivity contribution in [1.82, 2.24) is 4.57 Å². The zero-order chi connectivity index (χ0) is 14.8. The maximum atomic E-state index is 5.93. The molecule has 0 aliphatic heterocycles. The quantitative estimate of drug-likeness (QED) is 0.564. The van der Waals surface area contributed by atoms with E-state index in [4.69, 9.17) is 5.73 Å². The summed E-state index contributed by atoms with van der Waals surface area (Å²) in [5, 5.41) is 2.50. The second-order valence-electron chi connectivity index (χ2n) is 5.09. The number of amidine groups is 1. The van der Waals surface area contributed by atoms with E-state index in [-0.39, 0.29) is 6.17 Å². The van der Waals surface area contributed by atoms with Crippen LogP contribution in [0.3, 0.4) is 0 Å². The fourth-order valence-electron chi connectivity index (χ4n) is 2.84. The molecule has 1 aromatic heterocycles. The molecule has 0 bridgehead atoms. The van der Waals surface area contributed by atoms with Gasteiger partial charge in [-0.3, -0.25) is 0 Å². The van der Waals surface area contributed by atoms with Gasteiger partial charge >= 0.3 is 0 Å². The summed E-state index contributed by atoms with van der Waals surface area (Å²) in [4.78, 5) is 4.58. The van der Waals surface area contributed by atoms with Crippen molar-refractivity contribution in [2.24, 2.45) is 10.7 Å². The average molecular weight is 277 g/mol. The maximum absolute atomic E-state index is 5.93. The summed E-state index contributed by atoms with van der Waals surface area (Å²) < 4.78 is 2.24. The molecular formula is C18H19N3. The van der Waals surface area contributed by atoms with Crippen molar-refractivity contribution in [1.29, 1.82) is 0 Å². The number of allylic oxidation sites excluding steroid dienone is 1. The van der Waals surface area contributed by atoms with Crippen LogP contribution in [0.15, 0.2) is 65.7 Å². The van der Waals surface area contributed by atoms with E-state index >= 15 is 0 Å². The highest BCUT2D eigenvalue weighted by molar-refractivity contribution is 6.08. The minimum Gasteiger partial charge on any atom is -0.384 e. The second kappa shape index (κ2) is 5.44. The molecule has 21 heavy (non-hydrogen) atoms. The summed E-state index contributed by atoms with van der Waals surface area (Å²) in [6.07, 6.45) is 3.67. The van der Waals surface area contributed by atoms with Crippen molar-refractivity contribution < 1.29 is 0 Å². The van der Waals surface area contributed by atoms with E-state index < -0.39 is 0 Å². The van der Waals surface area contributed by atoms with Gasteiger partial charge < -0.3 is 10.3 Å². The molecule has 0 aliphatic carbocycles. The van der Waals surface area contributed by atoms with Crippen LogP contribution >= 0.6 is 0 Å². The molecule has 0 radical (unpaired) electrons. The first-order valence-corrected chi connectivity index (χ1v) is 7.16. The molecular weight excluding hydrogens is 258 g/mol. The summed E-state index contributed by atoms with van der Waals surface area (Å²) in [5.74, 6) is 0.548. The van der Waals surface area contributed by atoms with Crippen LogP contribution < -0.4 is 5.73 Å². The molecule has 0 aliphatic rings. The van der Waals surface area contributed by atoms with E-state index in [1.54, 1.807) is 0 Å². The maximum Gasteiger partial charge on any atom is 0.125 e. The molecule has 3 aromatic rings. The topological polar surface area (TPSA) is 43.3 Å². The van der Waals surface area contributed by atoms with Crippen molar-refractivity contribution in [3.63, 3.8) is 0 Å². The highest BCUT2D eigenvalue weighted by Crippen LogP contribution is 2.31. The smallest absolute Gasteiger partial charge is 0.125 e. The molecule has 1 heterocycles. The Balaban J connectivity index is 2.27. The number of para-hydroxylation sites is 2. The van der Waals surface area contributed by atoms with Crippen molar-refractivity contribution >= 4 is 27.6 Å². The lowest BCUT2D eigenvalue weighted by atomic mass is 10.2. The number of rotatable bonds is 3. The summed E-state index contributed by atoms with van der Waals surface area (Å²) in [7, 11) is 0. The van der Waals surface area contributed by atoms with Gasteiger partial charge in [0.15, 0.2) is 0 Å². The van der Waals surface area contributed by atoms with Crippen LogP contribution in [-0.2, 0) is 0 Å². The summed E-state index contributed by atoms with van der Waals surface area (Å²) >= 11 is 0. The van der Waals surface area contributed by atoms with Crippen LogP contribution in [0.25, 0.3) is 21.8 Å². The van der Waals surface area contributed by atoms with Gasteiger partial charge in [0, 0.05) is 10.8 Å². The SMILES string of the molecule is C/C=C\C(N)=N/C(C)n1c2ccccc2c2ccccc21. The number of benzene rings is 2. The normalized spacial score (nSPS) is 14.3. The minimum atomic E-state index is -0.0500. The molecule has 3 heteroatoms. The lowest BCUT2D eigenvalue weighted by molar-refractivity contribution is 0.613. The fourth-order valence-corrected chi connectivity index (χ4v) is 2.84. The summed E-state index contributed by atoms with van der Waals surface area (Å²) in [6.45, 7) is 4.00. The lowest BCUT2D eigenvalue weighted by Gasteiger charge is -2.13. The van der Waals surface area contributed by atoms with E-state index in [0.29, 0.717) is 5.84 Å². The van der Waals surface area contributed by atoms with Gasteiger partial charge in [-0.05, 0) is 32.1 Å². The molecule has 2 N–H and O–H groups in total. The predicted octanol–water partition coefficient (Wildman–Crippen LogP) is 4.25. The molecule has 0 spiro atoms. The van der Waals surface area contributed by atoms with E-state index in [2.05, 4.69) is 65.0 Å². The van der Waals surface area contributed by atoms with Crippen molar-refractivity contribution in [3.8, 4) is 0 Å². The first-order chi connectivity index (χ1) is 10.2. The fraction of sp³-hybridized carbons (Fsp3) is 0.167. The number of hydrogen-bond acceptors (Lipinski definition) is 1. The largest absolute Gasteiger partial charge is 0.384 e. The third kappa shape index (κ3) is 2.31. The van der Waals surface area contributed by atoms with Gasteiger partial charge in [0.25, 0.3) is 0 Å². The first-order valence-electron chi connectivity index (χ1n) is 7.16. The molecule has 0 saturated heterocycles. The molecule has 106 valence electrons. The Morgan fingerprint density at radius 3 is 2.10 bits per heavy atom. The molecule has 1 unspecified atom stereocenters. The summed E-state index contributed by atoms with van der Waals surface area (Å²) in [5.41, 5.74) is 8.30. The Hall–Kier alpha value is -2.55. The molecule has 3 rings (SSSR count). The van der Waals surface area contributed by atoms with Gasteiger partial charge in [-0.2, -0.15) is 0 Å². The molecule has 0 amide bonds. The van der Waals surface area contributed by atoms with Gasteiger partial charge in [0.2, 0.25) is 0 Å². The van der Waals surface area contributed by atoms with Crippen LogP contribution in [-0.4, -0.2) is 10.4 Å². The third-order valence-corrected chi connectivity index (χ3v) is 3.66. The van der Waals surface area contributed by atoms with Crippen molar-refractivity contribution in [2.75, 3.05) is 0 Å². The number of fused-ring (bicyclic) bond motifs is 3. The number of hydrogen-bond donors (Lipinski definition) is 1. The van der Waals surface area contributed by atoms with E-state index in [9.17, 15) is 0 Å². The van der Waals surface area contributed by atoms with Crippen LogP contribution in [0, 0.1) is 0 Å². The zero-order valence-corrected chi connectivity index (χ0v) is 12.3. The summed E-state index contributed by atoms with van der Waals surface area (Å²) in [6, 6.07) is 16.8. The van der Waals surface area contributed by atoms with Gasteiger partial charge in [0.05, 0.1) is 11.0 Å². The molecule has 3 nitrogen and oxygen atoms in total. The van der Waals surface area contributed by atoms with Crippen LogP contribution in [0.1, 0.15) is 20.0 Å². The monoisotopic (exact) mass is 277 g/mol. The van der Waals surface area contributed by atoms with E-state index in [1.807, 2.05) is 19.1 Å². The van der Waals surface area contributed by atoms with Crippen LogP contribution in [0.4, 0.5) is 0 Å². The van der Waals surface area contributed by atoms with E-state index in [0.717, 1.165) is 0 Å².